The van der Waals surface area contributed by atoms with Crippen molar-refractivity contribution in [2.45, 2.75) is 25.5 Å². The van der Waals surface area contributed by atoms with Crippen molar-refractivity contribution in [1.29, 1.82) is 0 Å². The molecule has 4 heteroatoms. The Morgan fingerprint density at radius 1 is 1.37 bits per heavy atom. The maximum absolute atomic E-state index is 11.4. The van der Waals surface area contributed by atoms with Gasteiger partial charge in [0.1, 0.15) is 6.10 Å². The Morgan fingerprint density at radius 2 is 2.16 bits per heavy atom. The largest absolute Gasteiger partial charge is 0.497 e. The van der Waals surface area contributed by atoms with Crippen LogP contribution in [0.5, 0.6) is 0 Å². The summed E-state index contributed by atoms with van der Waals surface area (Å²) in [6.45, 7) is 1.64. The number of rotatable bonds is 5. The SMILES string of the molecule is CNC(=O)c1ccc(CNCC2CCC=CO2)cc1. The first-order valence-electron chi connectivity index (χ1n) is 6.62. The minimum absolute atomic E-state index is 0.0538. The maximum Gasteiger partial charge on any atom is 0.251 e. The first kappa shape index (κ1) is 13.6. The Morgan fingerprint density at radius 3 is 2.79 bits per heavy atom. The molecule has 2 N–H and O–H groups in total. The fourth-order valence-electron chi connectivity index (χ4n) is 2.03. The molecular weight excluding hydrogens is 240 g/mol. The van der Waals surface area contributed by atoms with Gasteiger partial charge in [-0.15, -0.1) is 0 Å². The van der Waals surface area contributed by atoms with Crippen molar-refractivity contribution in [2.75, 3.05) is 13.6 Å². The van der Waals surface area contributed by atoms with E-state index in [0.717, 1.165) is 25.9 Å². The monoisotopic (exact) mass is 260 g/mol. The highest BCUT2D eigenvalue weighted by Gasteiger charge is 2.09. The fourth-order valence-corrected chi connectivity index (χ4v) is 2.03. The Labute approximate surface area is 113 Å². The molecule has 0 fully saturated rings. The van der Waals surface area contributed by atoms with E-state index in [4.69, 9.17) is 4.74 Å². The van der Waals surface area contributed by atoms with E-state index in [9.17, 15) is 4.79 Å². The van der Waals surface area contributed by atoms with E-state index in [2.05, 4.69) is 10.6 Å². The normalized spacial score (nSPS) is 17.8. The second-order valence-electron chi connectivity index (χ2n) is 4.61. The van der Waals surface area contributed by atoms with Crippen molar-refractivity contribution in [2.24, 2.45) is 0 Å². The van der Waals surface area contributed by atoms with Crippen LogP contribution in [0.4, 0.5) is 0 Å². The third-order valence-corrected chi connectivity index (χ3v) is 3.17. The zero-order chi connectivity index (χ0) is 13.5. The molecule has 1 unspecified atom stereocenters. The van der Waals surface area contributed by atoms with Gasteiger partial charge in [-0.3, -0.25) is 4.79 Å². The van der Waals surface area contributed by atoms with E-state index in [-0.39, 0.29) is 12.0 Å². The van der Waals surface area contributed by atoms with Crippen molar-refractivity contribution >= 4 is 5.91 Å². The number of hydrogen-bond acceptors (Lipinski definition) is 3. The number of carbonyl (C=O) groups is 1. The Hall–Kier alpha value is -1.81. The predicted octanol–water partition coefficient (Wildman–Crippen LogP) is 1.83. The lowest BCUT2D eigenvalue weighted by Gasteiger charge is -2.19. The van der Waals surface area contributed by atoms with Gasteiger partial charge in [0.15, 0.2) is 0 Å². The van der Waals surface area contributed by atoms with Crippen LogP contribution in [0.2, 0.25) is 0 Å². The smallest absolute Gasteiger partial charge is 0.251 e. The van der Waals surface area contributed by atoms with Crippen molar-refractivity contribution in [3.05, 3.63) is 47.7 Å². The number of amides is 1. The van der Waals surface area contributed by atoms with Crippen LogP contribution in [-0.4, -0.2) is 25.6 Å². The van der Waals surface area contributed by atoms with Crippen molar-refractivity contribution in [1.82, 2.24) is 10.6 Å². The second kappa shape index (κ2) is 6.95. The van der Waals surface area contributed by atoms with E-state index in [1.807, 2.05) is 30.3 Å². The molecule has 0 saturated carbocycles. The molecule has 0 aliphatic carbocycles. The van der Waals surface area contributed by atoms with Gasteiger partial charge in [-0.25, -0.2) is 0 Å². The molecular formula is C15H20N2O2. The van der Waals surface area contributed by atoms with E-state index >= 15 is 0 Å². The predicted molar refractivity (Wildman–Crippen MR) is 74.8 cm³/mol. The molecule has 1 aliphatic rings. The number of nitrogens with one attached hydrogen (secondary N) is 2. The molecule has 4 nitrogen and oxygen atoms in total. The molecule has 1 aliphatic heterocycles. The number of ether oxygens (including phenoxy) is 1. The molecule has 1 aromatic rings. The summed E-state index contributed by atoms with van der Waals surface area (Å²) in [6.07, 6.45) is 6.27. The van der Waals surface area contributed by atoms with Crippen LogP contribution in [0, 0.1) is 0 Å². The summed E-state index contributed by atoms with van der Waals surface area (Å²) in [5.41, 5.74) is 1.85. The molecule has 1 aromatic carbocycles. The summed E-state index contributed by atoms with van der Waals surface area (Å²) >= 11 is 0. The van der Waals surface area contributed by atoms with Crippen LogP contribution < -0.4 is 10.6 Å². The maximum atomic E-state index is 11.4. The quantitative estimate of drug-likeness (QED) is 0.849. The first-order valence-corrected chi connectivity index (χ1v) is 6.62. The molecule has 102 valence electrons. The van der Waals surface area contributed by atoms with Gasteiger partial charge >= 0.3 is 0 Å². The molecule has 0 aromatic heterocycles. The highest BCUT2D eigenvalue weighted by Crippen LogP contribution is 2.09. The third kappa shape index (κ3) is 4.10. The standard InChI is InChI=1S/C15H20N2O2/c1-16-15(18)13-7-5-12(6-8-13)10-17-11-14-4-2-3-9-19-14/h3,5-9,14,17H,2,4,10-11H2,1H3,(H,16,18). The molecule has 1 atom stereocenters. The third-order valence-electron chi connectivity index (χ3n) is 3.17. The Bertz CT molecular complexity index is 440. The van der Waals surface area contributed by atoms with Gasteiger partial charge in [0.05, 0.1) is 6.26 Å². The van der Waals surface area contributed by atoms with Crippen LogP contribution >= 0.6 is 0 Å². The first-order chi connectivity index (χ1) is 9.29. The van der Waals surface area contributed by atoms with Crippen LogP contribution in [-0.2, 0) is 11.3 Å². The van der Waals surface area contributed by atoms with E-state index in [1.54, 1.807) is 13.3 Å². The average molecular weight is 260 g/mol. The minimum Gasteiger partial charge on any atom is -0.497 e. The molecule has 0 bridgehead atoms. The van der Waals surface area contributed by atoms with Gasteiger partial charge in [0.2, 0.25) is 0 Å². The Balaban J connectivity index is 1.76. The van der Waals surface area contributed by atoms with Gasteiger partial charge in [-0.05, 0) is 36.6 Å². The summed E-state index contributed by atoms with van der Waals surface area (Å²) in [6, 6.07) is 7.63. The van der Waals surface area contributed by atoms with Crippen molar-refractivity contribution < 1.29 is 9.53 Å². The number of carbonyl (C=O) groups excluding carboxylic acids is 1. The van der Waals surface area contributed by atoms with Gasteiger partial charge in [-0.1, -0.05) is 12.1 Å². The molecule has 0 saturated heterocycles. The molecule has 19 heavy (non-hydrogen) atoms. The summed E-state index contributed by atoms with van der Waals surface area (Å²) < 4.78 is 5.49. The van der Waals surface area contributed by atoms with Crippen LogP contribution in [0.3, 0.4) is 0 Å². The fraction of sp³-hybridized carbons (Fsp3) is 0.400. The minimum atomic E-state index is -0.0538. The van der Waals surface area contributed by atoms with Crippen molar-refractivity contribution in [3.63, 3.8) is 0 Å². The lowest BCUT2D eigenvalue weighted by atomic mass is 10.1. The molecule has 1 amide bonds. The molecule has 0 spiro atoms. The lowest BCUT2D eigenvalue weighted by Crippen LogP contribution is -2.28. The highest BCUT2D eigenvalue weighted by molar-refractivity contribution is 5.93. The van der Waals surface area contributed by atoms with Gasteiger partial charge in [-0.2, -0.15) is 0 Å². The highest BCUT2D eigenvalue weighted by atomic mass is 16.5. The van der Waals surface area contributed by atoms with Crippen molar-refractivity contribution in [3.8, 4) is 0 Å². The van der Waals surface area contributed by atoms with Crippen LogP contribution in [0.1, 0.15) is 28.8 Å². The number of benzene rings is 1. The average Bonchev–Trinajstić information content (AvgIpc) is 2.48. The van der Waals surface area contributed by atoms with Gasteiger partial charge < -0.3 is 15.4 Å². The van der Waals surface area contributed by atoms with E-state index in [1.165, 1.54) is 5.56 Å². The summed E-state index contributed by atoms with van der Waals surface area (Å²) in [7, 11) is 1.64. The lowest BCUT2D eigenvalue weighted by molar-refractivity contribution is 0.0963. The second-order valence-corrected chi connectivity index (χ2v) is 4.61. The van der Waals surface area contributed by atoms with Crippen LogP contribution in [0.25, 0.3) is 0 Å². The summed E-state index contributed by atoms with van der Waals surface area (Å²) in [4.78, 5) is 11.4. The summed E-state index contributed by atoms with van der Waals surface area (Å²) in [5.74, 6) is -0.0538. The van der Waals surface area contributed by atoms with Gasteiger partial charge in [0, 0.05) is 25.7 Å². The molecule has 1 heterocycles. The van der Waals surface area contributed by atoms with E-state index in [0.29, 0.717) is 5.56 Å². The topological polar surface area (TPSA) is 50.4 Å². The van der Waals surface area contributed by atoms with Gasteiger partial charge in [0.25, 0.3) is 5.91 Å². The van der Waals surface area contributed by atoms with E-state index < -0.39 is 0 Å². The Kier molecular flexibility index (Phi) is 4.98. The zero-order valence-corrected chi connectivity index (χ0v) is 11.2. The zero-order valence-electron chi connectivity index (χ0n) is 11.2. The summed E-state index contributed by atoms with van der Waals surface area (Å²) in [5, 5.41) is 5.98. The van der Waals surface area contributed by atoms with Crippen LogP contribution in [0.15, 0.2) is 36.6 Å². The number of hydrogen-bond donors (Lipinski definition) is 2. The number of allylic oxidation sites excluding steroid dienone is 1. The molecule has 2 rings (SSSR count). The molecule has 0 radical (unpaired) electrons.